The number of nitrogens with one attached hydrogen (secondary N) is 3. The van der Waals surface area contributed by atoms with Crippen molar-refractivity contribution >= 4 is 47.1 Å². The van der Waals surface area contributed by atoms with Gasteiger partial charge in [0, 0.05) is 101 Å². The van der Waals surface area contributed by atoms with Crippen molar-refractivity contribution in [2.45, 2.75) is 187 Å². The summed E-state index contributed by atoms with van der Waals surface area (Å²) >= 11 is 0. The van der Waals surface area contributed by atoms with E-state index in [0.29, 0.717) is 82.3 Å². The Morgan fingerprint density at radius 3 is 1.37 bits per heavy atom. The van der Waals surface area contributed by atoms with Crippen molar-refractivity contribution < 1.29 is 38.4 Å². The van der Waals surface area contributed by atoms with Gasteiger partial charge >= 0.3 is 0 Å². The van der Waals surface area contributed by atoms with Crippen molar-refractivity contribution in [3.63, 3.8) is 0 Å². The Balaban J connectivity index is 1.03. The molecule has 87 heavy (non-hydrogen) atoms. The Morgan fingerprint density at radius 1 is 0.529 bits per heavy atom. The van der Waals surface area contributed by atoms with E-state index >= 15 is 19.2 Å². The van der Waals surface area contributed by atoms with Crippen molar-refractivity contribution in [3.8, 4) is 11.1 Å². The lowest BCUT2D eigenvalue weighted by Crippen LogP contribution is -2.61. The zero-order valence-electron chi connectivity index (χ0n) is 52.7. The molecule has 0 spiro atoms. The number of carbonyl (C=O) groups excluding carboxylic acids is 8. The van der Waals surface area contributed by atoms with Crippen LogP contribution in [0.4, 0.5) is 0 Å². The third-order valence-electron chi connectivity index (χ3n) is 19.2. The molecule has 4 aliphatic rings. The van der Waals surface area contributed by atoms with Gasteiger partial charge in [-0.3, -0.25) is 38.4 Å². The van der Waals surface area contributed by atoms with Gasteiger partial charge < -0.3 is 35.6 Å². The second-order valence-electron chi connectivity index (χ2n) is 25.9. The van der Waals surface area contributed by atoms with Crippen LogP contribution in [0.1, 0.15) is 176 Å². The Hall–Kier alpha value is -7.16. The first-order chi connectivity index (χ1) is 42.0. The summed E-state index contributed by atoms with van der Waals surface area (Å²) < 4.78 is 0. The van der Waals surface area contributed by atoms with Crippen LogP contribution in [0.3, 0.4) is 0 Å². The van der Waals surface area contributed by atoms with Crippen molar-refractivity contribution in [2.75, 3.05) is 39.3 Å². The maximum Gasteiger partial charge on any atom is 0.253 e. The van der Waals surface area contributed by atoms with Crippen molar-refractivity contribution in [1.29, 1.82) is 0 Å². The zero-order chi connectivity index (χ0) is 62.0. The molecular weight excluding hydrogens is 1090 g/mol. The molecule has 2 saturated heterocycles. The Morgan fingerprint density at radius 2 is 0.954 bits per heavy atom. The van der Waals surface area contributed by atoms with E-state index < -0.39 is 24.0 Å². The molecule has 0 radical (unpaired) electrons. The fourth-order valence-corrected chi connectivity index (χ4v) is 13.9. The number of nitrogens with zero attached hydrogens (tertiary/aromatic N) is 4. The second-order valence-corrected chi connectivity index (χ2v) is 25.9. The van der Waals surface area contributed by atoms with E-state index in [1.54, 1.807) is 0 Å². The average molecular weight is 1190 g/mol. The molecule has 8 rings (SSSR count). The van der Waals surface area contributed by atoms with Crippen LogP contribution in [0.5, 0.6) is 0 Å². The van der Waals surface area contributed by atoms with Gasteiger partial charge in [-0.25, -0.2) is 0 Å². The Kier molecular flexibility index (Phi) is 24.3. The van der Waals surface area contributed by atoms with Crippen LogP contribution >= 0.6 is 0 Å². The summed E-state index contributed by atoms with van der Waals surface area (Å²) in [6.07, 6.45) is 14.0. The molecule has 15 heteroatoms. The lowest BCUT2D eigenvalue weighted by Gasteiger charge is -2.44. The predicted octanol–water partition coefficient (Wildman–Crippen LogP) is 10.6. The third kappa shape index (κ3) is 18.5. The highest BCUT2D eigenvalue weighted by atomic mass is 16.2. The maximum absolute atomic E-state index is 15.1. The van der Waals surface area contributed by atoms with Gasteiger partial charge in [0.2, 0.25) is 29.5 Å². The first-order valence-electron chi connectivity index (χ1n) is 32.8. The van der Waals surface area contributed by atoms with Crippen molar-refractivity contribution in [1.82, 2.24) is 35.6 Å². The van der Waals surface area contributed by atoms with Gasteiger partial charge in [-0.05, 0) is 129 Å². The van der Waals surface area contributed by atoms with Crippen LogP contribution in [0.25, 0.3) is 11.1 Å². The molecule has 4 aromatic rings. The number of rotatable bonds is 25. The van der Waals surface area contributed by atoms with Gasteiger partial charge in [-0.15, -0.1) is 0 Å². The highest BCUT2D eigenvalue weighted by molar-refractivity contribution is 5.96. The summed E-state index contributed by atoms with van der Waals surface area (Å²) in [5, 5.41) is 9.42. The summed E-state index contributed by atoms with van der Waals surface area (Å²) in [6, 6.07) is 33.2. The molecule has 3 N–H and O–H groups in total. The fraction of sp³-hybridized carbons (Fsp3) is 0.556. The molecule has 468 valence electrons. The van der Waals surface area contributed by atoms with E-state index in [1.165, 1.54) is 13.8 Å². The number of carbonyl (C=O) groups is 8. The summed E-state index contributed by atoms with van der Waals surface area (Å²) in [5.41, 5.74) is 4.81. The number of hydrogen-bond acceptors (Lipinski definition) is 8. The summed E-state index contributed by atoms with van der Waals surface area (Å²) in [7, 11) is 0. The minimum atomic E-state index is -0.675. The van der Waals surface area contributed by atoms with Crippen LogP contribution in [0.15, 0.2) is 109 Å². The van der Waals surface area contributed by atoms with E-state index in [1.807, 2.05) is 156 Å². The molecule has 2 aliphatic heterocycles. The molecule has 7 atom stereocenters. The minimum absolute atomic E-state index is 0.0134. The Bertz CT molecular complexity index is 2920. The lowest BCUT2D eigenvalue weighted by molar-refractivity contribution is -0.145. The van der Waals surface area contributed by atoms with E-state index in [9.17, 15) is 19.2 Å². The number of likely N-dealkylation sites (tertiary alicyclic amines) is 2. The Labute approximate surface area is 517 Å². The molecule has 0 bridgehead atoms. The molecule has 4 fully saturated rings. The van der Waals surface area contributed by atoms with Crippen molar-refractivity contribution in [2.24, 2.45) is 29.6 Å². The summed E-state index contributed by atoms with van der Waals surface area (Å²) in [5.74, 6) is -1.54. The summed E-state index contributed by atoms with van der Waals surface area (Å²) in [4.78, 5) is 120. The second kappa shape index (κ2) is 32.2. The van der Waals surface area contributed by atoms with Crippen LogP contribution in [0.2, 0.25) is 0 Å². The molecule has 2 heterocycles. The van der Waals surface area contributed by atoms with Gasteiger partial charge in [0.25, 0.3) is 11.8 Å². The summed E-state index contributed by atoms with van der Waals surface area (Å²) in [6.45, 7) is 12.7. The number of benzene rings is 4. The van der Waals surface area contributed by atoms with Gasteiger partial charge in [0.1, 0.15) is 11.8 Å². The normalized spacial score (nSPS) is 20.4. The van der Waals surface area contributed by atoms with E-state index in [2.05, 4.69) is 16.0 Å². The topological polar surface area (TPSA) is 186 Å². The number of Topliss-reactive ketones (excluding diaryl/α,β-unsaturated/α-hetero) is 1. The molecule has 2 saturated carbocycles. The van der Waals surface area contributed by atoms with Gasteiger partial charge in [-0.1, -0.05) is 151 Å². The monoisotopic (exact) mass is 1190 g/mol. The number of amides is 7. The highest BCUT2D eigenvalue weighted by Crippen LogP contribution is 2.36. The van der Waals surface area contributed by atoms with Gasteiger partial charge in [0.05, 0.1) is 12.1 Å². The molecule has 15 nitrogen and oxygen atoms in total. The smallest absolute Gasteiger partial charge is 0.253 e. The zero-order valence-corrected chi connectivity index (χ0v) is 52.7. The van der Waals surface area contributed by atoms with E-state index in [-0.39, 0.29) is 102 Å². The van der Waals surface area contributed by atoms with Crippen LogP contribution in [-0.4, -0.2) is 136 Å². The van der Waals surface area contributed by atoms with E-state index in [0.717, 1.165) is 86.5 Å². The molecule has 7 amide bonds. The average Bonchev–Trinajstić information content (AvgIpc) is 3.02. The molecule has 0 unspecified atom stereocenters. The SMILES string of the molecule is CC[C@@H](C)C(=O)N[C@H](C(=O)N1CC[C@@H](NC(C)=O)C[C@H]1CN(CCc1ccccc1)C(=O)c1ccc(-c2ccc(C(=O)N(CCc3ccccc3)C[C@@H]3C[C@H](NC(C)=O)CCN3C(=O)[C@@H](CC(=O)C(C)C)C3CCCCC3)cc2)cc1)C1CCCCC1. The number of ketones is 1. The van der Waals surface area contributed by atoms with Gasteiger partial charge in [0.15, 0.2) is 0 Å². The minimum Gasteiger partial charge on any atom is -0.353 e. The van der Waals surface area contributed by atoms with Crippen LogP contribution < -0.4 is 16.0 Å². The van der Waals surface area contributed by atoms with Crippen LogP contribution in [-0.2, 0) is 41.6 Å². The molecule has 0 aromatic heterocycles. The number of piperidine rings is 2. The van der Waals surface area contributed by atoms with E-state index in [4.69, 9.17) is 0 Å². The highest BCUT2D eigenvalue weighted by Gasteiger charge is 2.43. The van der Waals surface area contributed by atoms with Crippen molar-refractivity contribution in [3.05, 3.63) is 131 Å². The van der Waals surface area contributed by atoms with Gasteiger partial charge in [-0.2, -0.15) is 0 Å². The first kappa shape index (κ1) is 65.8. The largest absolute Gasteiger partial charge is 0.353 e. The fourth-order valence-electron chi connectivity index (χ4n) is 13.9. The maximum atomic E-state index is 15.1. The molecule has 4 aromatic carbocycles. The van der Waals surface area contributed by atoms with Crippen LogP contribution in [0, 0.1) is 29.6 Å². The molecular formula is C72H97N7O8. The first-order valence-corrected chi connectivity index (χ1v) is 32.8. The predicted molar refractivity (Wildman–Crippen MR) is 341 cm³/mol. The standard InChI is InChI=1S/C72H97N7O8/c1-7-50(4)68(83)75-67(58-26-18-11-19-27-58)72(87)79-43-39-62(74-52(6)81)45-64(79)48-77(41-37-54-22-14-9-15-23-54)70(85)60-34-30-56(31-35-60)55-28-32-59(33-29-55)69(84)76(40-36-53-20-12-8-13-21-53)47-63-44-61(73-51(5)80)38-42-78(63)71(86)65(46-66(82)49(2)3)57-24-16-10-17-25-57/h8-9,12-15,20-23,28-35,49-50,57-58,61-65,67H,7,10-11,16-19,24-27,36-48H2,1-6H3,(H,73,80)(H,74,81)(H,75,83)/t50-,61-,62-,63+,64+,65+,67+/m1/s1. The molecule has 2 aliphatic carbocycles. The lowest BCUT2D eigenvalue weighted by atomic mass is 9.76. The third-order valence-corrected chi connectivity index (χ3v) is 19.2. The quantitative estimate of drug-likeness (QED) is 0.0585. The number of hydrogen-bond donors (Lipinski definition) is 3.